The van der Waals surface area contributed by atoms with Gasteiger partial charge >= 0.3 is 0 Å². The lowest BCUT2D eigenvalue weighted by Gasteiger charge is -2.32. The number of benzene rings is 1. The highest BCUT2D eigenvalue weighted by Crippen LogP contribution is 2.51. The maximum Gasteiger partial charge on any atom is 0.258 e. The molecule has 0 unspecified atom stereocenters. The number of H-pyrrole nitrogens is 1. The molecule has 0 spiro atoms. The molecule has 1 saturated heterocycles. The Morgan fingerprint density at radius 3 is 2.62 bits per heavy atom. The molecule has 166 valence electrons. The van der Waals surface area contributed by atoms with Crippen molar-refractivity contribution in [3.8, 4) is 0 Å². The first-order valence-corrected chi connectivity index (χ1v) is 11.2. The number of carbonyl (C=O) groups is 2. The van der Waals surface area contributed by atoms with Gasteiger partial charge in [-0.25, -0.2) is 4.98 Å². The lowest BCUT2D eigenvalue weighted by atomic mass is 9.89. The quantitative estimate of drug-likeness (QED) is 0.602. The number of aromatic nitrogens is 4. The van der Waals surface area contributed by atoms with Crippen molar-refractivity contribution in [2.75, 3.05) is 13.1 Å². The van der Waals surface area contributed by atoms with E-state index in [0.29, 0.717) is 61.1 Å². The van der Waals surface area contributed by atoms with E-state index in [1.54, 1.807) is 30.2 Å². The van der Waals surface area contributed by atoms with Gasteiger partial charge in [0.05, 0.1) is 22.7 Å². The van der Waals surface area contributed by atoms with E-state index in [9.17, 15) is 14.4 Å². The van der Waals surface area contributed by atoms with Gasteiger partial charge in [0, 0.05) is 45.1 Å². The first-order valence-electron chi connectivity index (χ1n) is 11.2. The Balaban J connectivity index is 1.19. The Morgan fingerprint density at radius 1 is 1.19 bits per heavy atom. The summed E-state index contributed by atoms with van der Waals surface area (Å²) in [4.78, 5) is 47.4. The minimum Gasteiger partial charge on any atom is -0.343 e. The van der Waals surface area contributed by atoms with Crippen LogP contribution in [0.15, 0.2) is 41.5 Å². The molecular weight excluding hydrogens is 406 g/mol. The summed E-state index contributed by atoms with van der Waals surface area (Å²) in [5, 5.41) is 4.67. The third kappa shape index (κ3) is 4.09. The van der Waals surface area contributed by atoms with E-state index in [-0.39, 0.29) is 28.6 Å². The largest absolute Gasteiger partial charge is 0.343 e. The van der Waals surface area contributed by atoms with E-state index >= 15 is 0 Å². The van der Waals surface area contributed by atoms with Gasteiger partial charge in [0.1, 0.15) is 5.82 Å². The summed E-state index contributed by atoms with van der Waals surface area (Å²) in [5.74, 6) is 0.859. The predicted octanol–water partition coefficient (Wildman–Crippen LogP) is 2.49. The van der Waals surface area contributed by atoms with Crippen molar-refractivity contribution in [1.82, 2.24) is 24.6 Å². The Bertz CT molecular complexity index is 1230. The number of nitrogens with one attached hydrogen (secondary N) is 1. The standard InChI is InChI=1S/C24H27N5O3/c1-28-15-17(14-25-28)22(31)16-6-10-29(11-7-16)21(30)13-24(8-9-24)12-20-26-19-5-3-2-4-18(19)23(32)27-20/h2-5,14-16H,6-13H2,1H3,(H,26,27,32). The molecule has 1 saturated carbocycles. The molecule has 1 amide bonds. The van der Waals surface area contributed by atoms with Crippen LogP contribution in [0, 0.1) is 11.3 Å². The third-order valence-corrected chi connectivity index (χ3v) is 6.90. The van der Waals surface area contributed by atoms with E-state index in [0.717, 1.165) is 12.8 Å². The maximum absolute atomic E-state index is 13.0. The van der Waals surface area contributed by atoms with Crippen LogP contribution in [0.2, 0.25) is 0 Å². The third-order valence-electron chi connectivity index (χ3n) is 6.90. The zero-order valence-electron chi connectivity index (χ0n) is 18.2. The van der Waals surface area contributed by atoms with Gasteiger partial charge in [-0.1, -0.05) is 12.1 Å². The van der Waals surface area contributed by atoms with Crippen LogP contribution in [0.4, 0.5) is 0 Å². The molecule has 3 aromatic rings. The molecule has 8 nitrogen and oxygen atoms in total. The van der Waals surface area contributed by atoms with Gasteiger partial charge in [-0.3, -0.25) is 19.1 Å². The van der Waals surface area contributed by atoms with Crippen LogP contribution in [-0.2, 0) is 18.3 Å². The molecular formula is C24H27N5O3. The Hall–Kier alpha value is -3.29. The van der Waals surface area contributed by atoms with Crippen molar-refractivity contribution in [2.45, 2.75) is 38.5 Å². The number of para-hydroxylation sites is 1. The second-order valence-corrected chi connectivity index (χ2v) is 9.31. The number of nitrogens with zero attached hydrogens (tertiary/aromatic N) is 4. The van der Waals surface area contributed by atoms with Gasteiger partial charge in [-0.2, -0.15) is 5.10 Å². The maximum atomic E-state index is 13.0. The van der Waals surface area contributed by atoms with Gasteiger partial charge in [-0.15, -0.1) is 0 Å². The highest BCUT2D eigenvalue weighted by atomic mass is 16.2. The zero-order chi connectivity index (χ0) is 22.3. The summed E-state index contributed by atoms with van der Waals surface area (Å²) in [7, 11) is 1.80. The van der Waals surface area contributed by atoms with E-state index in [1.165, 1.54) is 0 Å². The van der Waals surface area contributed by atoms with Gasteiger partial charge in [-0.05, 0) is 43.2 Å². The number of Topliss-reactive ketones (excluding diaryl/α,β-unsaturated/α-hetero) is 1. The molecule has 0 radical (unpaired) electrons. The summed E-state index contributed by atoms with van der Waals surface area (Å²) in [6.07, 6.45) is 7.73. The van der Waals surface area contributed by atoms with E-state index in [2.05, 4.69) is 15.1 Å². The molecule has 1 aliphatic heterocycles. The first kappa shape index (κ1) is 20.6. The molecule has 0 atom stereocenters. The van der Waals surface area contributed by atoms with Crippen LogP contribution in [0.25, 0.3) is 10.9 Å². The number of piperidine rings is 1. The summed E-state index contributed by atoms with van der Waals surface area (Å²) < 4.78 is 1.64. The van der Waals surface area contributed by atoms with Crippen molar-refractivity contribution in [3.05, 3.63) is 58.4 Å². The second-order valence-electron chi connectivity index (χ2n) is 9.31. The zero-order valence-corrected chi connectivity index (χ0v) is 18.2. The van der Waals surface area contributed by atoms with Crippen LogP contribution in [-0.4, -0.2) is 49.4 Å². The molecule has 2 aromatic heterocycles. The van der Waals surface area contributed by atoms with Crippen LogP contribution < -0.4 is 5.56 Å². The smallest absolute Gasteiger partial charge is 0.258 e. The SMILES string of the molecule is Cn1cc(C(=O)C2CCN(C(=O)CC3(Cc4nc5ccccc5c(=O)[nH]4)CC3)CC2)cn1. The van der Waals surface area contributed by atoms with E-state index < -0.39 is 0 Å². The molecule has 1 aromatic carbocycles. The Morgan fingerprint density at radius 2 is 1.94 bits per heavy atom. The fraction of sp³-hybridized carbons (Fsp3) is 0.458. The lowest BCUT2D eigenvalue weighted by molar-refractivity contribution is -0.133. The van der Waals surface area contributed by atoms with Crippen molar-refractivity contribution in [2.24, 2.45) is 18.4 Å². The summed E-state index contributed by atoms with van der Waals surface area (Å²) in [6, 6.07) is 7.31. The van der Waals surface area contributed by atoms with Crippen molar-refractivity contribution >= 4 is 22.6 Å². The van der Waals surface area contributed by atoms with Gasteiger partial charge in [0.2, 0.25) is 5.91 Å². The van der Waals surface area contributed by atoms with Crippen molar-refractivity contribution in [3.63, 3.8) is 0 Å². The van der Waals surface area contributed by atoms with Crippen molar-refractivity contribution in [1.29, 1.82) is 0 Å². The van der Waals surface area contributed by atoms with Gasteiger partial charge in [0.15, 0.2) is 5.78 Å². The number of amides is 1. The molecule has 3 heterocycles. The Kier molecular flexibility index (Phi) is 5.15. The number of ketones is 1. The van der Waals surface area contributed by atoms with Crippen LogP contribution in [0.3, 0.4) is 0 Å². The first-order chi connectivity index (χ1) is 15.4. The monoisotopic (exact) mass is 433 g/mol. The number of rotatable bonds is 6. The fourth-order valence-corrected chi connectivity index (χ4v) is 4.77. The molecule has 0 bridgehead atoms. The average Bonchev–Trinajstić information content (AvgIpc) is 3.39. The lowest BCUT2D eigenvalue weighted by Crippen LogP contribution is -2.41. The van der Waals surface area contributed by atoms with Gasteiger partial charge < -0.3 is 9.88 Å². The topological polar surface area (TPSA) is 101 Å². The van der Waals surface area contributed by atoms with Crippen LogP contribution >= 0.6 is 0 Å². The van der Waals surface area contributed by atoms with Crippen LogP contribution in [0.5, 0.6) is 0 Å². The summed E-state index contributed by atoms with van der Waals surface area (Å²) >= 11 is 0. The number of fused-ring (bicyclic) bond motifs is 1. The summed E-state index contributed by atoms with van der Waals surface area (Å²) in [6.45, 7) is 1.22. The normalized spacial score (nSPS) is 18.1. The van der Waals surface area contributed by atoms with E-state index in [1.807, 2.05) is 23.1 Å². The number of likely N-dealkylation sites (tertiary alicyclic amines) is 1. The fourth-order valence-electron chi connectivity index (χ4n) is 4.77. The number of aryl methyl sites for hydroxylation is 1. The summed E-state index contributed by atoms with van der Waals surface area (Å²) in [5.41, 5.74) is 1.09. The average molecular weight is 434 g/mol. The molecule has 8 heteroatoms. The minimum absolute atomic E-state index is 0.0509. The molecule has 5 rings (SSSR count). The van der Waals surface area contributed by atoms with Crippen molar-refractivity contribution < 1.29 is 9.59 Å². The number of carbonyl (C=O) groups excluding carboxylic acids is 2. The molecule has 2 aliphatic rings. The Labute approximate surface area is 185 Å². The molecule has 1 aliphatic carbocycles. The molecule has 1 N–H and O–H groups in total. The molecule has 32 heavy (non-hydrogen) atoms. The highest BCUT2D eigenvalue weighted by molar-refractivity contribution is 5.97. The number of hydrogen-bond acceptors (Lipinski definition) is 5. The van der Waals surface area contributed by atoms with Gasteiger partial charge in [0.25, 0.3) is 5.56 Å². The second kappa shape index (κ2) is 8.00. The van der Waals surface area contributed by atoms with E-state index in [4.69, 9.17) is 0 Å². The number of aromatic amines is 1. The molecule has 2 fully saturated rings. The predicted molar refractivity (Wildman–Crippen MR) is 119 cm³/mol. The highest BCUT2D eigenvalue weighted by Gasteiger charge is 2.46. The number of hydrogen-bond donors (Lipinski definition) is 1. The van der Waals surface area contributed by atoms with Crippen LogP contribution in [0.1, 0.15) is 48.3 Å². The minimum atomic E-state index is -0.131.